The van der Waals surface area contributed by atoms with Crippen LogP contribution in [0.15, 0.2) is 73.3 Å². The molecule has 4 aromatic rings. The van der Waals surface area contributed by atoms with Crippen molar-refractivity contribution in [3.05, 3.63) is 95.6 Å². The summed E-state index contributed by atoms with van der Waals surface area (Å²) < 4.78 is 30.5. The molecule has 4 rings (SSSR count). The summed E-state index contributed by atoms with van der Waals surface area (Å²) in [5, 5.41) is 3.38. The van der Waals surface area contributed by atoms with E-state index < -0.39 is 5.92 Å². The highest BCUT2D eigenvalue weighted by molar-refractivity contribution is 5.83. The maximum absolute atomic E-state index is 14.3. The average Bonchev–Trinajstić information content (AvgIpc) is 3.10. The Bertz CT molecular complexity index is 1260. The van der Waals surface area contributed by atoms with Crippen molar-refractivity contribution in [1.82, 2.24) is 9.55 Å². The number of alkyl halides is 2. The molecule has 0 saturated carbocycles. The topological polar surface area (TPSA) is 29.9 Å². The van der Waals surface area contributed by atoms with Gasteiger partial charge in [0, 0.05) is 18.2 Å². The summed E-state index contributed by atoms with van der Waals surface area (Å²) in [6, 6.07) is 20.8. The molecule has 0 saturated heterocycles. The van der Waals surface area contributed by atoms with Gasteiger partial charge in [-0.15, -0.1) is 0 Å². The number of allylic oxidation sites excluding steroid dienone is 1. The predicted octanol–water partition coefficient (Wildman–Crippen LogP) is 7.54. The number of imidazole rings is 1. The van der Waals surface area contributed by atoms with E-state index in [2.05, 4.69) is 31.0 Å². The van der Waals surface area contributed by atoms with E-state index >= 15 is 0 Å². The monoisotopic (exact) mass is 431 g/mol. The van der Waals surface area contributed by atoms with Gasteiger partial charge in [-0.25, -0.2) is 13.8 Å². The van der Waals surface area contributed by atoms with Gasteiger partial charge in [0.2, 0.25) is 5.95 Å². The van der Waals surface area contributed by atoms with E-state index in [9.17, 15) is 8.78 Å². The lowest BCUT2D eigenvalue weighted by atomic mass is 10.0. The highest BCUT2D eigenvalue weighted by atomic mass is 19.3. The summed E-state index contributed by atoms with van der Waals surface area (Å²) in [6.45, 7) is 9.29. The number of nitrogens with zero attached hydrogens (tertiary/aromatic N) is 2. The summed E-state index contributed by atoms with van der Waals surface area (Å²) in [4.78, 5) is 4.80. The lowest BCUT2D eigenvalue weighted by Crippen LogP contribution is -2.13. The fraction of sp³-hybridized carbons (Fsp3) is 0.222. The van der Waals surface area contributed by atoms with Crippen LogP contribution in [0.5, 0.6) is 0 Å². The molecule has 0 atom stereocenters. The van der Waals surface area contributed by atoms with Crippen molar-refractivity contribution in [3.8, 4) is 0 Å². The van der Waals surface area contributed by atoms with Gasteiger partial charge in [0.15, 0.2) is 0 Å². The summed E-state index contributed by atoms with van der Waals surface area (Å²) in [7, 11) is 0. The number of nitrogens with one attached hydrogen (secondary N) is 1. The second-order valence-electron chi connectivity index (χ2n) is 8.23. The van der Waals surface area contributed by atoms with Crippen LogP contribution in [-0.4, -0.2) is 9.55 Å². The molecule has 0 spiro atoms. The van der Waals surface area contributed by atoms with E-state index in [1.165, 1.54) is 11.6 Å². The highest BCUT2D eigenvalue weighted by Gasteiger charge is 2.27. The standard InChI is InChI=1S/C27H27F2N3/c1-5-19-10-13-22(14-11-19)30-26-31-24-16-20(18(2)3)12-15-25(24)32(26)17-21-8-6-7-9-23(21)27(4,28)29/h6-16H,2,5,17H2,1,3-4H3,(H,30,31). The van der Waals surface area contributed by atoms with Crippen LogP contribution in [-0.2, 0) is 18.9 Å². The number of aryl methyl sites for hydroxylation is 1. The first-order valence-electron chi connectivity index (χ1n) is 10.7. The predicted molar refractivity (Wildman–Crippen MR) is 129 cm³/mol. The molecule has 1 N–H and O–H groups in total. The number of hydrogen-bond acceptors (Lipinski definition) is 2. The first-order valence-corrected chi connectivity index (χ1v) is 10.7. The van der Waals surface area contributed by atoms with Crippen molar-refractivity contribution in [1.29, 1.82) is 0 Å². The van der Waals surface area contributed by atoms with E-state index in [0.717, 1.165) is 41.2 Å². The number of anilines is 2. The van der Waals surface area contributed by atoms with Crippen molar-refractivity contribution >= 4 is 28.2 Å². The van der Waals surface area contributed by atoms with Crippen LogP contribution < -0.4 is 5.32 Å². The van der Waals surface area contributed by atoms with Gasteiger partial charge in [-0.2, -0.15) is 0 Å². The van der Waals surface area contributed by atoms with Crippen molar-refractivity contribution in [2.24, 2.45) is 0 Å². The molecule has 5 heteroatoms. The SMILES string of the molecule is C=C(C)c1ccc2c(c1)nc(Nc1ccc(CC)cc1)n2Cc1ccccc1C(C)(F)F. The molecule has 0 fully saturated rings. The van der Waals surface area contributed by atoms with Crippen LogP contribution in [0.2, 0.25) is 0 Å². The first-order chi connectivity index (χ1) is 15.3. The lowest BCUT2D eigenvalue weighted by molar-refractivity contribution is 0.0165. The van der Waals surface area contributed by atoms with E-state index in [4.69, 9.17) is 4.98 Å². The zero-order valence-corrected chi connectivity index (χ0v) is 18.6. The Morgan fingerprint density at radius 2 is 1.78 bits per heavy atom. The minimum Gasteiger partial charge on any atom is -0.326 e. The molecule has 32 heavy (non-hydrogen) atoms. The van der Waals surface area contributed by atoms with Crippen LogP contribution in [0.4, 0.5) is 20.4 Å². The molecule has 164 valence electrons. The fourth-order valence-corrected chi connectivity index (χ4v) is 3.86. The zero-order chi connectivity index (χ0) is 22.9. The van der Waals surface area contributed by atoms with Gasteiger partial charge >= 0.3 is 0 Å². The molecule has 1 heterocycles. The van der Waals surface area contributed by atoms with Crippen LogP contribution in [0.1, 0.15) is 43.0 Å². The third-order valence-corrected chi connectivity index (χ3v) is 5.68. The molecule has 0 aliphatic carbocycles. The maximum Gasteiger partial charge on any atom is 0.270 e. The molecule has 0 bridgehead atoms. The van der Waals surface area contributed by atoms with E-state index in [0.29, 0.717) is 11.5 Å². The largest absolute Gasteiger partial charge is 0.326 e. The Balaban J connectivity index is 1.82. The molecule has 1 aromatic heterocycles. The fourth-order valence-electron chi connectivity index (χ4n) is 3.86. The Hall–Kier alpha value is -3.47. The normalized spacial score (nSPS) is 11.7. The Kier molecular flexibility index (Phi) is 5.83. The van der Waals surface area contributed by atoms with Crippen LogP contribution in [0, 0.1) is 0 Å². The zero-order valence-electron chi connectivity index (χ0n) is 18.6. The lowest BCUT2D eigenvalue weighted by Gasteiger charge is -2.18. The maximum atomic E-state index is 14.3. The van der Waals surface area contributed by atoms with Crippen LogP contribution in [0.3, 0.4) is 0 Å². The molecule has 0 unspecified atom stereocenters. The van der Waals surface area contributed by atoms with Gasteiger partial charge in [-0.05, 0) is 54.3 Å². The third-order valence-electron chi connectivity index (χ3n) is 5.68. The molecule has 0 aliphatic heterocycles. The van der Waals surface area contributed by atoms with Crippen molar-refractivity contribution < 1.29 is 8.78 Å². The number of rotatable bonds is 7. The van der Waals surface area contributed by atoms with Crippen molar-refractivity contribution in [3.63, 3.8) is 0 Å². The minimum absolute atomic E-state index is 0.0265. The number of aromatic nitrogens is 2. The van der Waals surface area contributed by atoms with Crippen LogP contribution >= 0.6 is 0 Å². The van der Waals surface area contributed by atoms with Gasteiger partial charge in [0.05, 0.1) is 17.6 Å². The number of benzene rings is 3. The van der Waals surface area contributed by atoms with Crippen molar-refractivity contribution in [2.45, 2.75) is 39.7 Å². The van der Waals surface area contributed by atoms with E-state index in [1.807, 2.05) is 41.8 Å². The quantitative estimate of drug-likeness (QED) is 0.328. The molecule has 0 amide bonds. The van der Waals surface area contributed by atoms with Gasteiger partial charge in [-0.3, -0.25) is 0 Å². The van der Waals surface area contributed by atoms with Gasteiger partial charge in [-0.1, -0.05) is 61.5 Å². The number of hydrogen-bond donors (Lipinski definition) is 1. The third kappa shape index (κ3) is 4.42. The highest BCUT2D eigenvalue weighted by Crippen LogP contribution is 2.32. The summed E-state index contributed by atoms with van der Waals surface area (Å²) in [6.07, 6.45) is 0.963. The number of fused-ring (bicyclic) bond motifs is 1. The molecular formula is C27H27F2N3. The van der Waals surface area contributed by atoms with E-state index in [1.54, 1.807) is 18.2 Å². The molecule has 3 nitrogen and oxygen atoms in total. The Labute approximate surface area is 187 Å². The summed E-state index contributed by atoms with van der Waals surface area (Å²) >= 11 is 0. The average molecular weight is 432 g/mol. The van der Waals surface area contributed by atoms with E-state index in [-0.39, 0.29) is 12.1 Å². The molecule has 0 radical (unpaired) electrons. The summed E-state index contributed by atoms with van der Waals surface area (Å²) in [5.74, 6) is -2.32. The van der Waals surface area contributed by atoms with Crippen LogP contribution in [0.25, 0.3) is 16.6 Å². The Morgan fingerprint density at radius 3 is 2.44 bits per heavy atom. The molecular weight excluding hydrogens is 404 g/mol. The van der Waals surface area contributed by atoms with Gasteiger partial charge < -0.3 is 9.88 Å². The summed E-state index contributed by atoms with van der Waals surface area (Å²) in [5.41, 5.74) is 6.34. The number of halogens is 2. The smallest absolute Gasteiger partial charge is 0.270 e. The second-order valence-corrected chi connectivity index (χ2v) is 8.23. The second kappa shape index (κ2) is 8.58. The Morgan fingerprint density at radius 1 is 1.06 bits per heavy atom. The van der Waals surface area contributed by atoms with Gasteiger partial charge in [0.25, 0.3) is 5.92 Å². The molecule has 0 aliphatic rings. The molecule has 3 aromatic carbocycles. The van der Waals surface area contributed by atoms with Gasteiger partial charge in [0.1, 0.15) is 0 Å². The minimum atomic E-state index is -2.93. The first kappa shape index (κ1) is 21.8. The van der Waals surface area contributed by atoms with Crippen molar-refractivity contribution in [2.75, 3.05) is 5.32 Å².